The van der Waals surface area contributed by atoms with Crippen LogP contribution in [0.2, 0.25) is 0 Å². The van der Waals surface area contributed by atoms with Crippen LogP contribution in [0, 0.1) is 13.8 Å². The Morgan fingerprint density at radius 1 is 0.732 bits per heavy atom. The Bertz CT molecular complexity index is 2820. The quantitative estimate of drug-likeness (QED) is 0.165. The molecule has 0 amide bonds. The van der Waals surface area contributed by atoms with Crippen LogP contribution < -0.4 is 4.57 Å². The first-order valence-electron chi connectivity index (χ1n) is 21.0. The smallest absolute Gasteiger partial charge is 0.295 e. The highest BCUT2D eigenvalue weighted by atomic mass is 16.3. The maximum atomic E-state index is 11.9. The topological polar surface area (TPSA) is 42.2 Å². The summed E-state index contributed by atoms with van der Waals surface area (Å²) >= 11 is 0. The first-order valence-corrected chi connectivity index (χ1v) is 20.5. The third kappa shape index (κ3) is 5.84. The van der Waals surface area contributed by atoms with Crippen LogP contribution in [-0.4, -0.2) is 9.67 Å². The lowest BCUT2D eigenvalue weighted by Crippen LogP contribution is -2.31. The van der Waals surface area contributed by atoms with Crippen LogP contribution in [0.3, 0.4) is 0 Å². The van der Waals surface area contributed by atoms with Gasteiger partial charge in [0.2, 0.25) is 0 Å². The SMILES string of the molecule is [2H]C1(c2cccc3c2oc2ccc(-c4ccc(-c5ccc(C)c(-c6n(-c7c(C(C)C)cccc7C(C)C)c7ccccc7[n+]6C)c5C)c(O)c4)cc23)CCCCC1. The second-order valence-electron chi connectivity index (χ2n) is 16.6. The summed E-state index contributed by atoms with van der Waals surface area (Å²) in [6.07, 6.45) is 5.11. The van der Waals surface area contributed by atoms with Gasteiger partial charge in [0.1, 0.15) is 22.6 Å². The summed E-state index contributed by atoms with van der Waals surface area (Å²) in [5.41, 5.74) is 16.2. The minimum atomic E-state index is -0.604. The van der Waals surface area contributed by atoms with Gasteiger partial charge in [0, 0.05) is 28.8 Å². The van der Waals surface area contributed by atoms with Gasteiger partial charge in [-0.3, -0.25) is 0 Å². The summed E-state index contributed by atoms with van der Waals surface area (Å²) < 4.78 is 20.7. The van der Waals surface area contributed by atoms with Crippen LogP contribution >= 0.6 is 0 Å². The van der Waals surface area contributed by atoms with Crippen molar-refractivity contribution < 1.29 is 15.5 Å². The molecule has 1 aliphatic carbocycles. The number of imidazole rings is 1. The predicted octanol–water partition coefficient (Wildman–Crippen LogP) is 14.0. The highest BCUT2D eigenvalue weighted by molar-refractivity contribution is 6.07. The maximum absolute atomic E-state index is 11.9. The van der Waals surface area contributed by atoms with Gasteiger partial charge in [0.05, 0.1) is 12.6 Å². The molecule has 0 radical (unpaired) electrons. The third-order valence-corrected chi connectivity index (χ3v) is 12.4. The minimum absolute atomic E-state index is 0.246. The lowest BCUT2D eigenvalue weighted by atomic mass is 9.83. The van der Waals surface area contributed by atoms with Crippen molar-refractivity contribution in [1.29, 1.82) is 0 Å². The minimum Gasteiger partial charge on any atom is -0.507 e. The van der Waals surface area contributed by atoms with E-state index in [1.807, 2.05) is 12.1 Å². The molecule has 1 fully saturated rings. The van der Waals surface area contributed by atoms with Gasteiger partial charge in [-0.15, -0.1) is 0 Å². The lowest BCUT2D eigenvalue weighted by molar-refractivity contribution is -0.633. The first-order chi connectivity index (χ1) is 27.5. The van der Waals surface area contributed by atoms with E-state index < -0.39 is 5.89 Å². The molecule has 0 unspecified atom stereocenters. The van der Waals surface area contributed by atoms with E-state index in [1.165, 1.54) is 45.4 Å². The van der Waals surface area contributed by atoms with Crippen LogP contribution in [-0.2, 0) is 7.05 Å². The largest absolute Gasteiger partial charge is 0.507 e. The fraction of sp³-hybridized carbons (Fsp3) is 0.288. The number of aromatic hydroxyl groups is 1. The summed E-state index contributed by atoms with van der Waals surface area (Å²) in [6, 6.07) is 38.5. The molecule has 0 bridgehead atoms. The molecule has 4 heteroatoms. The van der Waals surface area contributed by atoms with E-state index in [-0.39, 0.29) is 5.75 Å². The average Bonchev–Trinajstić information content (AvgIpc) is 3.72. The van der Waals surface area contributed by atoms with Gasteiger partial charge < -0.3 is 9.52 Å². The number of phenolic OH excluding ortho intramolecular Hbond substituents is 1. The van der Waals surface area contributed by atoms with Gasteiger partial charge in [-0.05, 0) is 108 Å². The highest BCUT2D eigenvalue weighted by Crippen LogP contribution is 2.44. The molecule has 0 aliphatic heterocycles. The zero-order valence-electron chi connectivity index (χ0n) is 34.8. The van der Waals surface area contributed by atoms with Crippen molar-refractivity contribution in [2.24, 2.45) is 7.05 Å². The highest BCUT2D eigenvalue weighted by Gasteiger charge is 2.33. The van der Waals surface area contributed by atoms with Gasteiger partial charge in [-0.2, -0.15) is 4.57 Å². The van der Waals surface area contributed by atoms with Crippen molar-refractivity contribution >= 4 is 33.0 Å². The van der Waals surface area contributed by atoms with E-state index in [0.29, 0.717) is 11.8 Å². The summed E-state index contributed by atoms with van der Waals surface area (Å²) in [7, 11) is 2.18. The third-order valence-electron chi connectivity index (χ3n) is 12.4. The van der Waals surface area contributed by atoms with Crippen LogP contribution in [0.1, 0.15) is 107 Å². The summed E-state index contributed by atoms with van der Waals surface area (Å²) in [6.45, 7) is 13.5. The van der Waals surface area contributed by atoms with Crippen molar-refractivity contribution in [1.82, 2.24) is 4.57 Å². The van der Waals surface area contributed by atoms with Crippen LogP contribution in [0.25, 0.3) is 72.3 Å². The number of benzene rings is 6. The lowest BCUT2D eigenvalue weighted by Gasteiger charge is -2.21. The van der Waals surface area contributed by atoms with E-state index in [2.05, 4.69) is 155 Å². The maximum Gasteiger partial charge on any atom is 0.295 e. The summed E-state index contributed by atoms with van der Waals surface area (Å²) in [5.74, 6) is 1.44. The Kier molecular flexibility index (Phi) is 8.81. The Labute approximate surface area is 332 Å². The van der Waals surface area contributed by atoms with Gasteiger partial charge in [0.15, 0.2) is 11.0 Å². The van der Waals surface area contributed by atoms with Crippen LogP contribution in [0.5, 0.6) is 5.75 Å². The van der Waals surface area contributed by atoms with Crippen molar-refractivity contribution in [2.45, 2.75) is 91.4 Å². The van der Waals surface area contributed by atoms with Gasteiger partial charge >= 0.3 is 0 Å². The van der Waals surface area contributed by atoms with E-state index in [9.17, 15) is 6.48 Å². The fourth-order valence-electron chi connectivity index (χ4n) is 9.52. The predicted molar refractivity (Wildman–Crippen MR) is 233 cm³/mol. The second-order valence-corrected chi connectivity index (χ2v) is 16.6. The van der Waals surface area contributed by atoms with Gasteiger partial charge in [-0.25, -0.2) is 4.57 Å². The van der Waals surface area contributed by atoms with Gasteiger partial charge in [-0.1, -0.05) is 126 Å². The molecule has 1 saturated carbocycles. The molecule has 0 spiro atoms. The zero-order valence-corrected chi connectivity index (χ0v) is 33.8. The zero-order chi connectivity index (χ0) is 39.7. The molecule has 4 nitrogen and oxygen atoms in total. The number of rotatable bonds is 7. The first kappa shape index (κ1) is 34.8. The van der Waals surface area contributed by atoms with Crippen molar-refractivity contribution in [2.75, 3.05) is 0 Å². The second kappa shape index (κ2) is 14.2. The van der Waals surface area contributed by atoms with Crippen LogP contribution in [0.4, 0.5) is 0 Å². The molecule has 2 heterocycles. The number of hydrogen-bond donors (Lipinski definition) is 1. The normalized spacial score (nSPS) is 14.8. The molecule has 1 N–H and O–H groups in total. The molecule has 0 saturated heterocycles. The Morgan fingerprint density at radius 3 is 2.14 bits per heavy atom. The molecular formula is C52H53N2O2+. The molecule has 8 aromatic rings. The molecule has 0 atom stereocenters. The monoisotopic (exact) mass is 738 g/mol. The van der Waals surface area contributed by atoms with E-state index in [0.717, 1.165) is 86.8 Å². The Balaban J connectivity index is 1.17. The van der Waals surface area contributed by atoms with Crippen molar-refractivity contribution in [3.8, 4) is 45.1 Å². The number of nitrogens with zero attached hydrogens (tertiary/aromatic N) is 2. The summed E-state index contributed by atoms with van der Waals surface area (Å²) in [5, 5.41) is 13.9. The number of fused-ring (bicyclic) bond motifs is 4. The molecule has 282 valence electrons. The van der Waals surface area contributed by atoms with E-state index >= 15 is 0 Å². The van der Waals surface area contributed by atoms with E-state index in [1.54, 1.807) is 0 Å². The van der Waals surface area contributed by atoms with Gasteiger partial charge in [0.25, 0.3) is 5.82 Å². The molecular weight excluding hydrogens is 685 g/mol. The fourth-order valence-corrected chi connectivity index (χ4v) is 9.52. The molecule has 56 heavy (non-hydrogen) atoms. The van der Waals surface area contributed by atoms with Crippen molar-refractivity contribution in [3.63, 3.8) is 0 Å². The number of aromatic nitrogens is 2. The molecule has 2 aromatic heterocycles. The molecule has 1 aliphatic rings. The number of para-hydroxylation sites is 4. The number of hydrogen-bond acceptors (Lipinski definition) is 2. The molecule has 9 rings (SSSR count). The van der Waals surface area contributed by atoms with Crippen molar-refractivity contribution in [3.05, 3.63) is 137 Å². The standard InChI is InChI=1S/C52H52N2O2/c1-31(2)38-17-13-18-39(32(3)4)50(38)54-46-22-12-11-21-45(46)53(7)52(54)49-33(5)23-26-40(34(49)6)42-27-24-37(30-47(42)55)36-25-28-48-44(29-36)43-20-14-19-41(51(43)56-48)35-15-9-8-10-16-35/h11-14,17-32,35H,8-10,15-16H2,1-7H3/p+1/i35D. The number of furan rings is 1. The van der Waals surface area contributed by atoms with E-state index in [4.69, 9.17) is 4.42 Å². The Hall–Kier alpha value is -5.61. The average molecular weight is 739 g/mol. The summed E-state index contributed by atoms with van der Waals surface area (Å²) in [4.78, 5) is 0. The molecule has 6 aromatic carbocycles. The van der Waals surface area contributed by atoms with Crippen LogP contribution in [0.15, 0.2) is 114 Å². The number of aryl methyl sites for hydroxylation is 2. The Morgan fingerprint density at radius 2 is 1.41 bits per heavy atom. The number of phenols is 1.